The molecule has 100 valence electrons. The quantitative estimate of drug-likeness (QED) is 0.807. The second-order valence-corrected chi connectivity index (χ2v) is 5.52. The van der Waals surface area contributed by atoms with Crippen molar-refractivity contribution in [1.82, 2.24) is 5.32 Å². The van der Waals surface area contributed by atoms with E-state index in [2.05, 4.69) is 19.2 Å². The average molecular weight is 247 g/mol. The van der Waals surface area contributed by atoms with Gasteiger partial charge in [-0.3, -0.25) is 5.32 Å². The summed E-state index contributed by atoms with van der Waals surface area (Å²) in [5.74, 6) is -2.49. The van der Waals surface area contributed by atoms with E-state index >= 15 is 0 Å². The third-order valence-electron chi connectivity index (χ3n) is 4.52. The van der Waals surface area contributed by atoms with Gasteiger partial charge in [0.05, 0.1) is 5.60 Å². The van der Waals surface area contributed by atoms with Crippen molar-refractivity contribution < 1.29 is 13.5 Å². The maximum atomic E-state index is 13.2. The van der Waals surface area contributed by atoms with E-state index in [1.165, 1.54) is 0 Å². The van der Waals surface area contributed by atoms with Gasteiger partial charge in [0.2, 0.25) is 5.92 Å². The van der Waals surface area contributed by atoms with Crippen LogP contribution in [0.3, 0.4) is 0 Å². The first-order valence-corrected chi connectivity index (χ1v) is 6.78. The Morgan fingerprint density at radius 3 is 2.12 bits per heavy atom. The highest BCUT2D eigenvalue weighted by atomic mass is 19.3. The molecule has 0 aromatic heterocycles. The molecule has 2 rings (SSSR count). The first-order chi connectivity index (χ1) is 7.95. The van der Waals surface area contributed by atoms with E-state index < -0.39 is 11.6 Å². The predicted octanol–water partition coefficient (Wildman–Crippen LogP) is 3.46. The fourth-order valence-electron chi connectivity index (χ4n) is 3.07. The number of halogens is 2. The number of alkyl halides is 2. The van der Waals surface area contributed by atoms with Crippen LogP contribution in [0.2, 0.25) is 0 Å². The standard InChI is InChI=1S/C13H23F2NO/c1-3-11(4-2)9-10-16-13(17-11)7-5-12(14,15)6-8-13/h16H,3-10H2,1-2H3. The maximum Gasteiger partial charge on any atom is 0.248 e. The average Bonchev–Trinajstić information content (AvgIpc) is 2.34. The van der Waals surface area contributed by atoms with Crippen molar-refractivity contribution in [3.8, 4) is 0 Å². The second-order valence-electron chi connectivity index (χ2n) is 5.52. The molecule has 1 heterocycles. The van der Waals surface area contributed by atoms with Gasteiger partial charge in [-0.1, -0.05) is 13.8 Å². The summed E-state index contributed by atoms with van der Waals surface area (Å²) in [7, 11) is 0. The molecule has 1 aliphatic heterocycles. The summed E-state index contributed by atoms with van der Waals surface area (Å²) in [5.41, 5.74) is -0.580. The Bertz CT molecular complexity index is 267. The summed E-state index contributed by atoms with van der Waals surface area (Å²) in [5, 5.41) is 3.34. The molecule has 1 saturated heterocycles. The summed E-state index contributed by atoms with van der Waals surface area (Å²) in [6, 6.07) is 0. The Morgan fingerprint density at radius 2 is 1.59 bits per heavy atom. The van der Waals surface area contributed by atoms with Gasteiger partial charge in [0, 0.05) is 19.4 Å². The molecule has 2 fully saturated rings. The highest BCUT2D eigenvalue weighted by Gasteiger charge is 2.49. The van der Waals surface area contributed by atoms with Gasteiger partial charge >= 0.3 is 0 Å². The highest BCUT2D eigenvalue weighted by Crippen LogP contribution is 2.44. The van der Waals surface area contributed by atoms with Gasteiger partial charge in [-0.2, -0.15) is 0 Å². The van der Waals surface area contributed by atoms with Crippen molar-refractivity contribution in [2.24, 2.45) is 0 Å². The summed E-state index contributed by atoms with van der Waals surface area (Å²) in [6.45, 7) is 5.13. The lowest BCUT2D eigenvalue weighted by Crippen LogP contribution is -2.61. The maximum absolute atomic E-state index is 13.2. The zero-order valence-corrected chi connectivity index (χ0v) is 10.8. The minimum Gasteiger partial charge on any atom is -0.354 e. The number of rotatable bonds is 2. The summed E-state index contributed by atoms with van der Waals surface area (Å²) >= 11 is 0. The van der Waals surface area contributed by atoms with Crippen molar-refractivity contribution in [3.05, 3.63) is 0 Å². The van der Waals surface area contributed by atoms with Crippen LogP contribution in [0.25, 0.3) is 0 Å². The molecule has 17 heavy (non-hydrogen) atoms. The Balaban J connectivity index is 2.06. The van der Waals surface area contributed by atoms with E-state index in [9.17, 15) is 8.78 Å². The van der Waals surface area contributed by atoms with Crippen LogP contribution in [0.15, 0.2) is 0 Å². The summed E-state index contributed by atoms with van der Waals surface area (Å²) in [6.07, 6.45) is 3.67. The van der Waals surface area contributed by atoms with E-state index in [-0.39, 0.29) is 18.4 Å². The largest absolute Gasteiger partial charge is 0.354 e. The van der Waals surface area contributed by atoms with Crippen LogP contribution in [-0.4, -0.2) is 23.8 Å². The van der Waals surface area contributed by atoms with Crippen LogP contribution in [-0.2, 0) is 4.74 Å². The Kier molecular flexibility index (Phi) is 3.47. The lowest BCUT2D eigenvalue weighted by molar-refractivity contribution is -0.234. The zero-order valence-electron chi connectivity index (χ0n) is 10.8. The van der Waals surface area contributed by atoms with Gasteiger partial charge in [0.1, 0.15) is 5.72 Å². The first kappa shape index (κ1) is 13.2. The van der Waals surface area contributed by atoms with Gasteiger partial charge in [-0.05, 0) is 32.1 Å². The smallest absolute Gasteiger partial charge is 0.248 e. The van der Waals surface area contributed by atoms with Crippen molar-refractivity contribution in [2.45, 2.75) is 76.0 Å². The van der Waals surface area contributed by atoms with E-state index in [1.807, 2.05) is 0 Å². The Morgan fingerprint density at radius 1 is 1.00 bits per heavy atom. The fourth-order valence-corrected chi connectivity index (χ4v) is 3.07. The topological polar surface area (TPSA) is 21.3 Å². The van der Waals surface area contributed by atoms with Crippen LogP contribution in [0, 0.1) is 0 Å². The molecule has 0 atom stereocenters. The van der Waals surface area contributed by atoms with Crippen molar-refractivity contribution in [3.63, 3.8) is 0 Å². The lowest BCUT2D eigenvalue weighted by Gasteiger charge is -2.51. The van der Waals surface area contributed by atoms with Gasteiger partial charge in [0.25, 0.3) is 0 Å². The second kappa shape index (κ2) is 4.47. The number of hydrogen-bond donors (Lipinski definition) is 1. The molecule has 1 saturated carbocycles. The molecular formula is C13H23F2NO. The predicted molar refractivity (Wildman–Crippen MR) is 63.2 cm³/mol. The summed E-state index contributed by atoms with van der Waals surface area (Å²) < 4.78 is 32.7. The lowest BCUT2D eigenvalue weighted by atomic mass is 9.83. The van der Waals surface area contributed by atoms with Crippen LogP contribution < -0.4 is 5.32 Å². The van der Waals surface area contributed by atoms with Gasteiger partial charge in [0.15, 0.2) is 0 Å². The molecule has 2 aliphatic rings. The molecule has 0 aromatic rings. The fraction of sp³-hybridized carbons (Fsp3) is 1.00. The molecule has 0 bridgehead atoms. The first-order valence-electron chi connectivity index (χ1n) is 6.78. The normalized spacial score (nSPS) is 30.4. The highest BCUT2D eigenvalue weighted by molar-refractivity contribution is 4.96. The SMILES string of the molecule is CCC1(CC)CCNC2(CCC(F)(F)CC2)O1. The molecule has 1 aliphatic carbocycles. The molecule has 2 nitrogen and oxygen atoms in total. The van der Waals surface area contributed by atoms with E-state index in [0.717, 1.165) is 25.8 Å². The Labute approximate surface area is 102 Å². The van der Waals surface area contributed by atoms with E-state index in [1.54, 1.807) is 0 Å². The molecule has 1 N–H and O–H groups in total. The summed E-state index contributed by atoms with van der Waals surface area (Å²) in [4.78, 5) is 0. The van der Waals surface area contributed by atoms with Crippen molar-refractivity contribution in [2.75, 3.05) is 6.54 Å². The van der Waals surface area contributed by atoms with Gasteiger partial charge < -0.3 is 4.74 Å². The van der Waals surface area contributed by atoms with Gasteiger partial charge in [-0.25, -0.2) is 8.78 Å². The number of nitrogens with one attached hydrogen (secondary N) is 1. The minimum atomic E-state index is -2.49. The van der Waals surface area contributed by atoms with Crippen LogP contribution >= 0.6 is 0 Å². The molecule has 1 spiro atoms. The molecule has 0 unspecified atom stereocenters. The van der Waals surface area contributed by atoms with E-state index in [0.29, 0.717) is 12.8 Å². The molecule has 4 heteroatoms. The monoisotopic (exact) mass is 247 g/mol. The van der Waals surface area contributed by atoms with E-state index in [4.69, 9.17) is 4.74 Å². The molecule has 0 amide bonds. The van der Waals surface area contributed by atoms with Crippen molar-refractivity contribution >= 4 is 0 Å². The van der Waals surface area contributed by atoms with Crippen LogP contribution in [0.5, 0.6) is 0 Å². The molecule has 0 aromatic carbocycles. The van der Waals surface area contributed by atoms with Gasteiger partial charge in [-0.15, -0.1) is 0 Å². The Hall–Kier alpha value is -0.220. The third-order valence-corrected chi connectivity index (χ3v) is 4.52. The minimum absolute atomic E-state index is 0.0521. The van der Waals surface area contributed by atoms with Crippen LogP contribution in [0.4, 0.5) is 8.78 Å². The molecule has 0 radical (unpaired) electrons. The van der Waals surface area contributed by atoms with Crippen molar-refractivity contribution in [1.29, 1.82) is 0 Å². The van der Waals surface area contributed by atoms with Crippen LogP contribution in [0.1, 0.15) is 58.8 Å². The number of hydrogen-bond acceptors (Lipinski definition) is 2. The zero-order chi connectivity index (χ0) is 12.6. The third kappa shape index (κ3) is 2.63. The number of ether oxygens (including phenoxy) is 1. The molecular weight excluding hydrogens is 224 g/mol.